The Morgan fingerprint density at radius 3 is 2.30 bits per heavy atom. The smallest absolute Gasteiger partial charge is 0.465 e. The predicted octanol–water partition coefficient (Wildman–Crippen LogP) is 3.25. The van der Waals surface area contributed by atoms with Gasteiger partial charge in [0, 0.05) is 0 Å². The van der Waals surface area contributed by atoms with Crippen LogP contribution in [0.2, 0.25) is 0 Å². The van der Waals surface area contributed by atoms with E-state index in [9.17, 15) is 9.59 Å². The summed E-state index contributed by atoms with van der Waals surface area (Å²) < 4.78 is 14.1. The van der Waals surface area contributed by atoms with Gasteiger partial charge >= 0.3 is 12.1 Å². The second-order valence-corrected chi connectivity index (χ2v) is 5.15. The third kappa shape index (κ3) is 10.2. The van der Waals surface area contributed by atoms with E-state index in [0.717, 1.165) is 12.8 Å². The van der Waals surface area contributed by atoms with E-state index in [4.69, 9.17) is 4.74 Å². The number of hydrogen-bond donors (Lipinski definition) is 0. The van der Waals surface area contributed by atoms with Crippen LogP contribution in [-0.4, -0.2) is 32.4 Å². The highest BCUT2D eigenvalue weighted by Crippen LogP contribution is 2.15. The van der Waals surface area contributed by atoms with Crippen molar-refractivity contribution in [2.24, 2.45) is 5.41 Å². The molecule has 0 amide bonds. The van der Waals surface area contributed by atoms with Crippen LogP contribution in [0.25, 0.3) is 0 Å². The number of unbranched alkanes of at least 4 members (excludes halogenated alkanes) is 1. The molecule has 0 aromatic carbocycles. The molecule has 0 N–H and O–H groups in total. The summed E-state index contributed by atoms with van der Waals surface area (Å²) >= 11 is 0. The van der Waals surface area contributed by atoms with Crippen molar-refractivity contribution in [2.45, 2.75) is 33.6 Å². The van der Waals surface area contributed by atoms with Crippen molar-refractivity contribution in [1.29, 1.82) is 0 Å². The van der Waals surface area contributed by atoms with Crippen molar-refractivity contribution >= 4 is 12.1 Å². The number of carbonyl (C=O) groups excluding carboxylic acids is 2. The average molecular weight is 284 g/mol. The molecule has 0 fully saturated rings. The summed E-state index contributed by atoms with van der Waals surface area (Å²) in [6.07, 6.45) is 8.20. The van der Waals surface area contributed by atoms with Crippen LogP contribution in [0.4, 0.5) is 4.79 Å². The number of esters is 1. The van der Waals surface area contributed by atoms with E-state index in [-0.39, 0.29) is 12.6 Å². The molecule has 114 valence electrons. The van der Waals surface area contributed by atoms with Crippen molar-refractivity contribution in [2.75, 3.05) is 20.3 Å². The van der Waals surface area contributed by atoms with Crippen molar-refractivity contribution in [3.63, 3.8) is 0 Å². The van der Waals surface area contributed by atoms with Crippen LogP contribution < -0.4 is 0 Å². The lowest BCUT2D eigenvalue weighted by Gasteiger charge is -2.16. The van der Waals surface area contributed by atoms with Gasteiger partial charge in [0.25, 0.3) is 0 Å². The lowest BCUT2D eigenvalue weighted by Crippen LogP contribution is -2.23. The largest absolute Gasteiger partial charge is 0.508 e. The van der Waals surface area contributed by atoms with E-state index < -0.39 is 11.6 Å². The predicted molar refractivity (Wildman–Crippen MR) is 76.3 cm³/mol. The molecule has 5 nitrogen and oxygen atoms in total. The zero-order chi connectivity index (χ0) is 15.4. The van der Waals surface area contributed by atoms with Crippen LogP contribution in [0.1, 0.15) is 33.6 Å². The quantitative estimate of drug-likeness (QED) is 0.408. The standard InChI is InChI=1S/C15H24O5/c1-15(2,3)13(16)19-11-9-7-5-6-8-10-12-20-14(17)18-4/h5-6,8,10H,7,9,11-12H2,1-4H3/b6-5+,10-8-. The molecule has 0 saturated heterocycles. The molecule has 0 aromatic heterocycles. The van der Waals surface area contributed by atoms with E-state index in [1.54, 1.807) is 12.2 Å². The second-order valence-electron chi connectivity index (χ2n) is 5.15. The number of allylic oxidation sites excluding steroid dienone is 3. The minimum Gasteiger partial charge on any atom is -0.465 e. The Labute approximate surface area is 120 Å². The van der Waals surface area contributed by atoms with Crippen LogP contribution in [0.15, 0.2) is 24.3 Å². The van der Waals surface area contributed by atoms with Crippen LogP contribution in [0.5, 0.6) is 0 Å². The van der Waals surface area contributed by atoms with E-state index in [2.05, 4.69) is 9.47 Å². The fourth-order valence-corrected chi connectivity index (χ4v) is 1.07. The molecule has 0 unspecified atom stereocenters. The maximum Gasteiger partial charge on any atom is 0.508 e. The van der Waals surface area contributed by atoms with Crippen LogP contribution in [-0.2, 0) is 19.0 Å². The molecule has 0 bridgehead atoms. The molecule has 0 radical (unpaired) electrons. The Hall–Kier alpha value is -1.78. The number of carbonyl (C=O) groups is 2. The highest BCUT2D eigenvalue weighted by molar-refractivity contribution is 5.75. The highest BCUT2D eigenvalue weighted by atomic mass is 16.7. The summed E-state index contributed by atoms with van der Waals surface area (Å²) in [6, 6.07) is 0. The fraction of sp³-hybridized carbons (Fsp3) is 0.600. The van der Waals surface area contributed by atoms with Crippen molar-refractivity contribution in [1.82, 2.24) is 0 Å². The fourth-order valence-electron chi connectivity index (χ4n) is 1.07. The summed E-state index contributed by atoms with van der Waals surface area (Å²) in [5.41, 5.74) is -0.446. The SMILES string of the molecule is COC(=O)OC/C=C\C=C\CCCOC(=O)C(C)(C)C. The Kier molecular flexibility index (Phi) is 9.17. The average Bonchev–Trinajstić information content (AvgIpc) is 2.39. The molecule has 0 aromatic rings. The molecule has 0 saturated carbocycles. The zero-order valence-corrected chi connectivity index (χ0v) is 12.7. The Morgan fingerprint density at radius 2 is 1.70 bits per heavy atom. The first-order valence-electron chi connectivity index (χ1n) is 6.57. The van der Waals surface area contributed by atoms with Gasteiger partial charge in [-0.15, -0.1) is 0 Å². The Balaban J connectivity index is 3.56. The molecule has 0 atom stereocenters. The summed E-state index contributed by atoms with van der Waals surface area (Å²) in [4.78, 5) is 22.1. The molecule has 0 rings (SSSR count). The molecule has 0 aliphatic heterocycles. The maximum atomic E-state index is 11.4. The lowest BCUT2D eigenvalue weighted by molar-refractivity contribution is -0.153. The maximum absolute atomic E-state index is 11.4. The van der Waals surface area contributed by atoms with Crippen molar-refractivity contribution in [3.05, 3.63) is 24.3 Å². The third-order valence-corrected chi connectivity index (χ3v) is 2.21. The Morgan fingerprint density at radius 1 is 1.05 bits per heavy atom. The van der Waals surface area contributed by atoms with E-state index in [0.29, 0.717) is 6.61 Å². The summed E-state index contributed by atoms with van der Waals surface area (Å²) in [5.74, 6) is -0.179. The molecular formula is C15H24O5. The summed E-state index contributed by atoms with van der Waals surface area (Å²) in [5, 5.41) is 0. The first-order chi connectivity index (χ1) is 9.38. The first kappa shape index (κ1) is 18.2. The van der Waals surface area contributed by atoms with Gasteiger partial charge in [0.15, 0.2) is 0 Å². The summed E-state index contributed by atoms with van der Waals surface area (Å²) in [6.45, 7) is 6.10. The molecule has 0 aliphatic rings. The highest BCUT2D eigenvalue weighted by Gasteiger charge is 2.22. The topological polar surface area (TPSA) is 61.8 Å². The van der Waals surface area contributed by atoms with Gasteiger partial charge in [-0.25, -0.2) is 4.79 Å². The molecule has 0 aliphatic carbocycles. The van der Waals surface area contributed by atoms with Crippen LogP contribution in [0.3, 0.4) is 0 Å². The normalized spacial score (nSPS) is 11.8. The molecule has 0 spiro atoms. The van der Waals surface area contributed by atoms with E-state index in [1.165, 1.54) is 7.11 Å². The molecule has 20 heavy (non-hydrogen) atoms. The van der Waals surface area contributed by atoms with Gasteiger partial charge in [-0.05, 0) is 39.7 Å². The molecule has 5 heteroatoms. The Bertz CT molecular complexity index is 350. The van der Waals surface area contributed by atoms with Gasteiger partial charge < -0.3 is 14.2 Å². The molecular weight excluding hydrogens is 260 g/mol. The van der Waals surface area contributed by atoms with Crippen LogP contribution >= 0.6 is 0 Å². The van der Waals surface area contributed by atoms with Gasteiger partial charge in [0.05, 0.1) is 19.1 Å². The van der Waals surface area contributed by atoms with E-state index in [1.807, 2.05) is 32.9 Å². The van der Waals surface area contributed by atoms with Gasteiger partial charge in [0.2, 0.25) is 0 Å². The lowest BCUT2D eigenvalue weighted by atomic mass is 9.97. The van der Waals surface area contributed by atoms with Crippen molar-refractivity contribution < 1.29 is 23.8 Å². The zero-order valence-electron chi connectivity index (χ0n) is 12.7. The van der Waals surface area contributed by atoms with Gasteiger partial charge in [-0.1, -0.05) is 18.2 Å². The number of ether oxygens (including phenoxy) is 3. The van der Waals surface area contributed by atoms with Crippen LogP contribution in [0, 0.1) is 5.41 Å². The number of rotatable bonds is 7. The number of methoxy groups -OCH3 is 1. The van der Waals surface area contributed by atoms with E-state index >= 15 is 0 Å². The third-order valence-electron chi connectivity index (χ3n) is 2.21. The molecule has 0 heterocycles. The monoisotopic (exact) mass is 284 g/mol. The van der Waals surface area contributed by atoms with Crippen molar-refractivity contribution in [3.8, 4) is 0 Å². The van der Waals surface area contributed by atoms with Gasteiger partial charge in [-0.2, -0.15) is 0 Å². The number of hydrogen-bond acceptors (Lipinski definition) is 5. The first-order valence-corrected chi connectivity index (χ1v) is 6.57. The minimum atomic E-state index is -0.695. The summed E-state index contributed by atoms with van der Waals surface area (Å²) in [7, 11) is 1.26. The minimum absolute atomic E-state index is 0.179. The second kappa shape index (κ2) is 10.1. The van der Waals surface area contributed by atoms with Gasteiger partial charge in [-0.3, -0.25) is 4.79 Å². The van der Waals surface area contributed by atoms with Gasteiger partial charge in [0.1, 0.15) is 6.61 Å².